The van der Waals surface area contributed by atoms with Crippen LogP contribution in [0.25, 0.3) is 11.4 Å². The van der Waals surface area contributed by atoms with E-state index in [1.165, 1.54) is 0 Å². The van der Waals surface area contributed by atoms with Crippen LogP contribution < -0.4 is 5.32 Å². The largest absolute Gasteiger partial charge is 0.339 e. The highest BCUT2D eigenvalue weighted by molar-refractivity contribution is 6.30. The maximum Gasteiger partial charge on any atom is 0.229 e. The Bertz CT molecular complexity index is 789. The Morgan fingerprint density at radius 2 is 1.91 bits per heavy atom. The molecule has 1 N–H and O–H groups in total. The predicted molar refractivity (Wildman–Crippen MR) is 83.7 cm³/mol. The first-order chi connectivity index (χ1) is 11.2. The van der Waals surface area contributed by atoms with Crippen LogP contribution in [0.4, 0.5) is 5.95 Å². The molecule has 0 bridgehead atoms. The van der Waals surface area contributed by atoms with Crippen LogP contribution in [-0.4, -0.2) is 26.0 Å². The van der Waals surface area contributed by atoms with Crippen LogP contribution in [0, 0.1) is 0 Å². The third-order valence-electron chi connectivity index (χ3n) is 2.95. The topological polar surface area (TPSA) is 93.8 Å². The van der Waals surface area contributed by atoms with Gasteiger partial charge in [-0.1, -0.05) is 16.8 Å². The number of aromatic nitrogens is 4. The summed E-state index contributed by atoms with van der Waals surface area (Å²) in [5.74, 6) is 0.898. The Morgan fingerprint density at radius 3 is 2.65 bits per heavy atom. The molecule has 0 radical (unpaired) electrons. The zero-order chi connectivity index (χ0) is 16.1. The summed E-state index contributed by atoms with van der Waals surface area (Å²) in [5.41, 5.74) is 0.798. The van der Waals surface area contributed by atoms with Crippen molar-refractivity contribution in [3.8, 4) is 11.4 Å². The maximum absolute atomic E-state index is 11.8. The number of hydrogen-bond donors (Lipinski definition) is 1. The van der Waals surface area contributed by atoms with E-state index in [1.54, 1.807) is 42.7 Å². The van der Waals surface area contributed by atoms with E-state index in [2.05, 4.69) is 25.4 Å². The molecule has 7 nitrogen and oxygen atoms in total. The van der Waals surface area contributed by atoms with Gasteiger partial charge in [0.15, 0.2) is 0 Å². The number of hydrogen-bond acceptors (Lipinski definition) is 6. The number of aryl methyl sites for hydroxylation is 1. The lowest BCUT2D eigenvalue weighted by Gasteiger charge is -2.00. The number of halogens is 1. The SMILES string of the molecule is O=C(CCc1nc(-c2ccc(Cl)cc2)no1)Nc1ncccn1. The van der Waals surface area contributed by atoms with Gasteiger partial charge in [0.1, 0.15) is 0 Å². The molecular weight excluding hydrogens is 318 g/mol. The third-order valence-corrected chi connectivity index (χ3v) is 3.21. The first-order valence-corrected chi connectivity index (χ1v) is 7.24. The molecule has 0 saturated heterocycles. The molecule has 0 saturated carbocycles. The molecule has 0 unspecified atom stereocenters. The average molecular weight is 330 g/mol. The molecule has 1 aromatic carbocycles. The molecule has 0 aliphatic carbocycles. The molecule has 0 spiro atoms. The minimum Gasteiger partial charge on any atom is -0.339 e. The van der Waals surface area contributed by atoms with E-state index in [9.17, 15) is 4.79 Å². The summed E-state index contributed by atoms with van der Waals surface area (Å²) >= 11 is 5.84. The smallest absolute Gasteiger partial charge is 0.229 e. The summed E-state index contributed by atoms with van der Waals surface area (Å²) in [5, 5.41) is 7.12. The Hall–Kier alpha value is -2.80. The molecule has 0 fully saturated rings. The van der Waals surface area contributed by atoms with Crippen molar-refractivity contribution in [3.05, 3.63) is 53.6 Å². The Morgan fingerprint density at radius 1 is 1.17 bits per heavy atom. The van der Waals surface area contributed by atoms with E-state index >= 15 is 0 Å². The van der Waals surface area contributed by atoms with Crippen molar-refractivity contribution in [3.63, 3.8) is 0 Å². The molecule has 2 aromatic heterocycles. The minimum atomic E-state index is -0.220. The van der Waals surface area contributed by atoms with Crippen LogP contribution in [0.3, 0.4) is 0 Å². The van der Waals surface area contributed by atoms with Gasteiger partial charge in [0.2, 0.25) is 23.6 Å². The van der Waals surface area contributed by atoms with Gasteiger partial charge in [-0.05, 0) is 30.3 Å². The van der Waals surface area contributed by atoms with Crippen LogP contribution in [0.15, 0.2) is 47.2 Å². The molecule has 0 aliphatic rings. The number of anilines is 1. The number of amides is 1. The van der Waals surface area contributed by atoms with Gasteiger partial charge >= 0.3 is 0 Å². The van der Waals surface area contributed by atoms with Gasteiger partial charge < -0.3 is 4.52 Å². The molecule has 3 aromatic rings. The van der Waals surface area contributed by atoms with Gasteiger partial charge in [0, 0.05) is 35.8 Å². The Labute approximate surface area is 136 Å². The quantitative estimate of drug-likeness (QED) is 0.773. The number of benzene rings is 1. The average Bonchev–Trinajstić information content (AvgIpc) is 3.04. The van der Waals surface area contributed by atoms with Crippen molar-refractivity contribution in [2.45, 2.75) is 12.8 Å². The van der Waals surface area contributed by atoms with Crippen molar-refractivity contribution >= 4 is 23.5 Å². The van der Waals surface area contributed by atoms with E-state index in [-0.39, 0.29) is 18.3 Å². The second-order valence-corrected chi connectivity index (χ2v) is 5.08. The molecule has 3 rings (SSSR count). The Balaban J connectivity index is 1.57. The highest BCUT2D eigenvalue weighted by Gasteiger charge is 2.11. The fourth-order valence-corrected chi connectivity index (χ4v) is 1.97. The van der Waals surface area contributed by atoms with Crippen LogP contribution in [0.1, 0.15) is 12.3 Å². The van der Waals surface area contributed by atoms with Gasteiger partial charge in [0.05, 0.1) is 0 Å². The van der Waals surface area contributed by atoms with Gasteiger partial charge in [-0.25, -0.2) is 9.97 Å². The van der Waals surface area contributed by atoms with Gasteiger partial charge in [-0.2, -0.15) is 4.98 Å². The summed E-state index contributed by atoms with van der Waals surface area (Å²) in [6.07, 6.45) is 3.64. The van der Waals surface area contributed by atoms with E-state index in [4.69, 9.17) is 16.1 Å². The lowest BCUT2D eigenvalue weighted by atomic mass is 10.2. The van der Waals surface area contributed by atoms with E-state index in [1.807, 2.05) is 0 Å². The second kappa shape index (κ2) is 6.97. The number of carbonyl (C=O) groups is 1. The van der Waals surface area contributed by atoms with Crippen molar-refractivity contribution < 1.29 is 9.32 Å². The Kier molecular flexibility index (Phi) is 4.58. The zero-order valence-corrected chi connectivity index (χ0v) is 12.7. The van der Waals surface area contributed by atoms with Crippen LogP contribution in [0.2, 0.25) is 5.02 Å². The fraction of sp³-hybridized carbons (Fsp3) is 0.133. The minimum absolute atomic E-state index is 0.195. The molecule has 2 heterocycles. The lowest BCUT2D eigenvalue weighted by Crippen LogP contribution is -2.14. The monoisotopic (exact) mass is 329 g/mol. The van der Waals surface area contributed by atoms with Gasteiger partial charge in [-0.15, -0.1) is 0 Å². The number of rotatable bonds is 5. The summed E-state index contributed by atoms with van der Waals surface area (Å²) in [7, 11) is 0. The second-order valence-electron chi connectivity index (χ2n) is 4.64. The van der Waals surface area contributed by atoms with Crippen LogP contribution >= 0.6 is 11.6 Å². The molecule has 0 aliphatic heterocycles. The van der Waals surface area contributed by atoms with Crippen molar-refractivity contribution in [1.29, 1.82) is 0 Å². The summed E-state index contributed by atoms with van der Waals surface area (Å²) in [6.45, 7) is 0. The normalized spacial score (nSPS) is 10.5. The highest BCUT2D eigenvalue weighted by atomic mass is 35.5. The maximum atomic E-state index is 11.8. The molecule has 116 valence electrons. The van der Waals surface area contributed by atoms with Gasteiger partial charge in [0.25, 0.3) is 0 Å². The summed E-state index contributed by atoms with van der Waals surface area (Å²) in [6, 6.07) is 8.78. The van der Waals surface area contributed by atoms with Gasteiger partial charge in [-0.3, -0.25) is 10.1 Å². The molecule has 0 atom stereocenters. The highest BCUT2D eigenvalue weighted by Crippen LogP contribution is 2.19. The lowest BCUT2D eigenvalue weighted by molar-refractivity contribution is -0.116. The van der Waals surface area contributed by atoms with E-state index < -0.39 is 0 Å². The third kappa shape index (κ3) is 4.10. The molecule has 23 heavy (non-hydrogen) atoms. The molecule has 1 amide bonds. The van der Waals surface area contributed by atoms with E-state index in [0.717, 1.165) is 5.56 Å². The predicted octanol–water partition coefficient (Wildman–Crippen LogP) is 2.75. The molecule has 8 heteroatoms. The standard InChI is InChI=1S/C15H12ClN5O2/c16-11-4-2-10(3-5-11)14-20-13(23-21-14)7-6-12(22)19-15-17-8-1-9-18-15/h1-5,8-9H,6-7H2,(H,17,18,19,22). The number of carbonyl (C=O) groups excluding carboxylic acids is 1. The van der Waals surface area contributed by atoms with E-state index in [0.29, 0.717) is 23.2 Å². The van der Waals surface area contributed by atoms with Crippen LogP contribution in [-0.2, 0) is 11.2 Å². The first-order valence-electron chi connectivity index (χ1n) is 6.86. The molecular formula is C15H12ClN5O2. The van der Waals surface area contributed by atoms with Crippen molar-refractivity contribution in [2.75, 3.05) is 5.32 Å². The number of nitrogens with one attached hydrogen (secondary N) is 1. The summed E-state index contributed by atoms with van der Waals surface area (Å²) in [4.78, 5) is 23.9. The zero-order valence-electron chi connectivity index (χ0n) is 11.9. The van der Waals surface area contributed by atoms with Crippen molar-refractivity contribution in [1.82, 2.24) is 20.1 Å². The van der Waals surface area contributed by atoms with Crippen LogP contribution in [0.5, 0.6) is 0 Å². The fourth-order valence-electron chi connectivity index (χ4n) is 1.84. The first kappa shape index (κ1) is 15.1. The summed E-state index contributed by atoms with van der Waals surface area (Å²) < 4.78 is 5.14. The number of nitrogens with zero attached hydrogens (tertiary/aromatic N) is 4. The van der Waals surface area contributed by atoms with Crippen molar-refractivity contribution in [2.24, 2.45) is 0 Å².